The first-order valence-corrected chi connectivity index (χ1v) is 7.31. The van der Waals surface area contributed by atoms with Gasteiger partial charge in [-0.05, 0) is 30.3 Å². The van der Waals surface area contributed by atoms with E-state index in [0.29, 0.717) is 27.8 Å². The van der Waals surface area contributed by atoms with Crippen molar-refractivity contribution in [1.29, 1.82) is 0 Å². The lowest BCUT2D eigenvalue weighted by atomic mass is 10.1. The summed E-state index contributed by atoms with van der Waals surface area (Å²) in [6.07, 6.45) is 0. The van der Waals surface area contributed by atoms with Crippen molar-refractivity contribution in [3.05, 3.63) is 65.3 Å². The van der Waals surface area contributed by atoms with Gasteiger partial charge in [0, 0.05) is 10.6 Å². The largest absolute Gasteiger partial charge is 0.495 e. The molecule has 0 saturated heterocycles. The molecule has 0 aliphatic rings. The lowest BCUT2D eigenvalue weighted by Crippen LogP contribution is -2.13. The van der Waals surface area contributed by atoms with Gasteiger partial charge in [-0.25, -0.2) is 0 Å². The van der Waals surface area contributed by atoms with Crippen molar-refractivity contribution in [2.45, 2.75) is 0 Å². The van der Waals surface area contributed by atoms with Gasteiger partial charge in [0.1, 0.15) is 11.4 Å². The summed E-state index contributed by atoms with van der Waals surface area (Å²) < 4.78 is 5.21. The van der Waals surface area contributed by atoms with E-state index >= 15 is 0 Å². The van der Waals surface area contributed by atoms with E-state index in [1.807, 2.05) is 24.3 Å². The Bertz CT molecular complexity index is 828. The van der Waals surface area contributed by atoms with Crippen molar-refractivity contribution in [2.75, 3.05) is 12.4 Å². The van der Waals surface area contributed by atoms with Gasteiger partial charge < -0.3 is 10.1 Å². The highest BCUT2D eigenvalue weighted by Crippen LogP contribution is 2.24. The zero-order chi connectivity index (χ0) is 16.2. The number of aromatic amines is 1. The lowest BCUT2D eigenvalue weighted by molar-refractivity contribution is 0.102. The highest BCUT2D eigenvalue weighted by Gasteiger charge is 2.13. The average molecular weight is 328 g/mol. The standard InChI is InChI=1S/C17H14ClN3O2/c1-23-16-5-3-2-4-13(16)19-17(22)15-10-14(20-21-15)11-6-8-12(18)9-7-11/h2-10H,1H3,(H,19,22)(H,20,21). The number of benzene rings is 2. The van der Waals surface area contributed by atoms with Crippen LogP contribution in [-0.2, 0) is 0 Å². The van der Waals surface area contributed by atoms with Crippen molar-refractivity contribution >= 4 is 23.2 Å². The Hall–Kier alpha value is -2.79. The Morgan fingerprint density at radius 1 is 1.17 bits per heavy atom. The van der Waals surface area contributed by atoms with Crippen LogP contribution in [0.3, 0.4) is 0 Å². The summed E-state index contributed by atoms with van der Waals surface area (Å²) in [5, 5.41) is 10.3. The second-order valence-corrected chi connectivity index (χ2v) is 5.26. The van der Waals surface area contributed by atoms with Gasteiger partial charge in [0.05, 0.1) is 18.5 Å². The smallest absolute Gasteiger partial charge is 0.273 e. The maximum atomic E-state index is 12.3. The molecule has 5 nitrogen and oxygen atoms in total. The van der Waals surface area contributed by atoms with E-state index < -0.39 is 0 Å². The molecule has 0 saturated carbocycles. The Labute approximate surface area is 138 Å². The number of ether oxygens (including phenoxy) is 1. The molecule has 1 amide bonds. The minimum absolute atomic E-state index is 0.290. The Balaban J connectivity index is 1.80. The summed E-state index contributed by atoms with van der Waals surface area (Å²) in [4.78, 5) is 12.3. The van der Waals surface area contributed by atoms with Crippen LogP contribution in [0.25, 0.3) is 11.3 Å². The molecule has 3 rings (SSSR count). The number of nitrogens with one attached hydrogen (secondary N) is 2. The van der Waals surface area contributed by atoms with E-state index in [0.717, 1.165) is 5.56 Å². The van der Waals surface area contributed by atoms with Crippen LogP contribution in [0.2, 0.25) is 5.02 Å². The predicted octanol–water partition coefficient (Wildman–Crippen LogP) is 3.99. The van der Waals surface area contributed by atoms with Gasteiger partial charge in [-0.3, -0.25) is 9.89 Å². The van der Waals surface area contributed by atoms with E-state index in [-0.39, 0.29) is 5.91 Å². The zero-order valence-corrected chi connectivity index (χ0v) is 13.1. The number of methoxy groups -OCH3 is 1. The number of para-hydroxylation sites is 2. The van der Waals surface area contributed by atoms with Crippen LogP contribution in [0, 0.1) is 0 Å². The van der Waals surface area contributed by atoms with Crippen molar-refractivity contribution in [1.82, 2.24) is 10.2 Å². The molecular weight excluding hydrogens is 314 g/mol. The number of aromatic nitrogens is 2. The molecule has 2 N–H and O–H groups in total. The molecule has 6 heteroatoms. The number of hydrogen-bond donors (Lipinski definition) is 2. The van der Waals surface area contributed by atoms with Crippen LogP contribution in [-0.4, -0.2) is 23.2 Å². The van der Waals surface area contributed by atoms with Gasteiger partial charge in [-0.2, -0.15) is 5.10 Å². The number of nitrogens with zero attached hydrogens (tertiary/aromatic N) is 1. The summed E-state index contributed by atoms with van der Waals surface area (Å²) in [6.45, 7) is 0. The van der Waals surface area contributed by atoms with Crippen LogP contribution in [0.1, 0.15) is 10.5 Å². The number of amides is 1. The SMILES string of the molecule is COc1ccccc1NC(=O)c1cc(-c2ccc(Cl)cc2)n[nH]1. The number of H-pyrrole nitrogens is 1. The molecular formula is C17H14ClN3O2. The normalized spacial score (nSPS) is 10.3. The third kappa shape index (κ3) is 3.35. The topological polar surface area (TPSA) is 67.0 Å². The van der Waals surface area contributed by atoms with Gasteiger partial charge in [0.15, 0.2) is 0 Å². The van der Waals surface area contributed by atoms with Gasteiger partial charge >= 0.3 is 0 Å². The van der Waals surface area contributed by atoms with E-state index in [2.05, 4.69) is 15.5 Å². The van der Waals surface area contributed by atoms with Gasteiger partial charge in [-0.15, -0.1) is 0 Å². The van der Waals surface area contributed by atoms with Gasteiger partial charge in [0.2, 0.25) is 0 Å². The Morgan fingerprint density at radius 3 is 2.65 bits per heavy atom. The summed E-state index contributed by atoms with van der Waals surface area (Å²) >= 11 is 5.87. The van der Waals surface area contributed by atoms with E-state index in [1.165, 1.54) is 0 Å². The molecule has 0 atom stereocenters. The number of carbonyl (C=O) groups excluding carboxylic acids is 1. The van der Waals surface area contributed by atoms with Crippen molar-refractivity contribution < 1.29 is 9.53 Å². The number of rotatable bonds is 4. The molecule has 0 spiro atoms. The number of hydrogen-bond acceptors (Lipinski definition) is 3. The highest BCUT2D eigenvalue weighted by molar-refractivity contribution is 6.30. The molecule has 0 radical (unpaired) electrons. The summed E-state index contributed by atoms with van der Waals surface area (Å²) in [6, 6.07) is 16.2. The van der Waals surface area contributed by atoms with Crippen molar-refractivity contribution in [3.8, 4) is 17.0 Å². The molecule has 1 aromatic heterocycles. The quantitative estimate of drug-likeness (QED) is 0.761. The van der Waals surface area contributed by atoms with E-state index in [9.17, 15) is 4.79 Å². The monoisotopic (exact) mass is 327 g/mol. The van der Waals surface area contributed by atoms with Crippen LogP contribution in [0.15, 0.2) is 54.6 Å². The minimum Gasteiger partial charge on any atom is -0.495 e. The molecule has 23 heavy (non-hydrogen) atoms. The first kappa shape index (κ1) is 15.1. The van der Waals surface area contributed by atoms with Crippen LogP contribution in [0.5, 0.6) is 5.75 Å². The van der Waals surface area contributed by atoms with Gasteiger partial charge in [0.25, 0.3) is 5.91 Å². The lowest BCUT2D eigenvalue weighted by Gasteiger charge is -2.08. The molecule has 3 aromatic rings. The first-order valence-electron chi connectivity index (χ1n) is 6.93. The van der Waals surface area contributed by atoms with Crippen LogP contribution >= 0.6 is 11.6 Å². The molecule has 1 heterocycles. The van der Waals surface area contributed by atoms with E-state index in [4.69, 9.17) is 16.3 Å². The summed E-state index contributed by atoms with van der Waals surface area (Å²) in [5.41, 5.74) is 2.51. The fraction of sp³-hybridized carbons (Fsp3) is 0.0588. The molecule has 0 unspecified atom stereocenters. The molecule has 0 aliphatic heterocycles. The average Bonchev–Trinajstić information content (AvgIpc) is 3.06. The molecule has 0 aliphatic carbocycles. The fourth-order valence-corrected chi connectivity index (χ4v) is 2.27. The van der Waals surface area contributed by atoms with E-state index in [1.54, 1.807) is 37.4 Å². The maximum Gasteiger partial charge on any atom is 0.273 e. The van der Waals surface area contributed by atoms with Crippen LogP contribution in [0.4, 0.5) is 5.69 Å². The summed E-state index contributed by atoms with van der Waals surface area (Å²) in [5.74, 6) is 0.306. The Morgan fingerprint density at radius 2 is 1.91 bits per heavy atom. The summed E-state index contributed by atoms with van der Waals surface area (Å²) in [7, 11) is 1.56. The number of anilines is 1. The highest BCUT2D eigenvalue weighted by atomic mass is 35.5. The molecule has 116 valence electrons. The second kappa shape index (κ2) is 6.54. The Kier molecular flexibility index (Phi) is 4.30. The molecule has 0 bridgehead atoms. The second-order valence-electron chi connectivity index (χ2n) is 4.83. The molecule has 2 aromatic carbocycles. The predicted molar refractivity (Wildman–Crippen MR) is 90.0 cm³/mol. The van der Waals surface area contributed by atoms with Gasteiger partial charge in [-0.1, -0.05) is 35.9 Å². The minimum atomic E-state index is -0.290. The number of carbonyl (C=O) groups is 1. The first-order chi connectivity index (χ1) is 11.2. The third-order valence-corrected chi connectivity index (χ3v) is 3.57. The van der Waals surface area contributed by atoms with Crippen LogP contribution < -0.4 is 10.1 Å². The molecule has 0 fully saturated rings. The maximum absolute atomic E-state index is 12.3. The zero-order valence-electron chi connectivity index (χ0n) is 12.3. The fourth-order valence-electron chi connectivity index (χ4n) is 2.14. The number of halogens is 1. The van der Waals surface area contributed by atoms with Crippen molar-refractivity contribution in [3.63, 3.8) is 0 Å². The third-order valence-electron chi connectivity index (χ3n) is 3.32. The van der Waals surface area contributed by atoms with Crippen molar-refractivity contribution in [2.24, 2.45) is 0 Å².